The van der Waals surface area contributed by atoms with Crippen molar-refractivity contribution in [3.8, 4) is 5.75 Å². The summed E-state index contributed by atoms with van der Waals surface area (Å²) >= 11 is 0. The Hall–Kier alpha value is -3.55. The molecule has 0 saturated carbocycles. The van der Waals surface area contributed by atoms with Crippen molar-refractivity contribution < 1.29 is 23.9 Å². The van der Waals surface area contributed by atoms with E-state index in [0.29, 0.717) is 23.6 Å². The molecule has 152 valence electrons. The molecule has 2 aromatic carbocycles. The number of benzene rings is 2. The monoisotopic (exact) mass is 397 g/mol. The Labute approximate surface area is 168 Å². The summed E-state index contributed by atoms with van der Waals surface area (Å²) in [6.45, 7) is 2.35. The van der Waals surface area contributed by atoms with Gasteiger partial charge in [0.15, 0.2) is 6.10 Å². The lowest BCUT2D eigenvalue weighted by molar-refractivity contribution is -0.127. The second-order valence-electron chi connectivity index (χ2n) is 6.41. The molecule has 1 atom stereocenters. The highest BCUT2D eigenvalue weighted by molar-refractivity contribution is 5.96. The fraction of sp³-hybridized carbons (Fsp3) is 0.286. The number of anilines is 2. The Bertz CT molecular complexity index is 897. The summed E-state index contributed by atoms with van der Waals surface area (Å²) in [5.74, 6) is -0.352. The van der Waals surface area contributed by atoms with Crippen LogP contribution in [-0.4, -0.2) is 50.6 Å². The van der Waals surface area contributed by atoms with E-state index in [1.807, 2.05) is 18.2 Å². The van der Waals surface area contributed by atoms with E-state index in [0.717, 1.165) is 5.69 Å². The molecule has 0 radical (unpaired) electrons. The maximum absolute atomic E-state index is 12.6. The quantitative estimate of drug-likeness (QED) is 0.722. The van der Waals surface area contributed by atoms with Gasteiger partial charge in [0.2, 0.25) is 5.91 Å². The first-order chi connectivity index (χ1) is 14.0. The van der Waals surface area contributed by atoms with E-state index >= 15 is 0 Å². The number of carbonyl (C=O) groups excluding carboxylic acids is 3. The van der Waals surface area contributed by atoms with Gasteiger partial charge in [-0.2, -0.15) is 0 Å². The number of carbonyl (C=O) groups is 3. The average molecular weight is 397 g/mol. The molecule has 8 heteroatoms. The van der Waals surface area contributed by atoms with Crippen molar-refractivity contribution in [2.24, 2.45) is 0 Å². The van der Waals surface area contributed by atoms with E-state index < -0.39 is 12.1 Å². The van der Waals surface area contributed by atoms with Gasteiger partial charge < -0.3 is 25.0 Å². The first-order valence-electron chi connectivity index (χ1n) is 9.31. The van der Waals surface area contributed by atoms with E-state index in [-0.39, 0.29) is 24.9 Å². The third-order valence-corrected chi connectivity index (χ3v) is 4.41. The summed E-state index contributed by atoms with van der Waals surface area (Å²) in [7, 11) is 1.54. The zero-order chi connectivity index (χ0) is 20.8. The Morgan fingerprint density at radius 1 is 1.14 bits per heavy atom. The normalized spacial score (nSPS) is 15.0. The Kier molecular flexibility index (Phi) is 6.33. The zero-order valence-electron chi connectivity index (χ0n) is 16.3. The molecule has 0 saturated heterocycles. The van der Waals surface area contributed by atoms with Crippen LogP contribution in [0.1, 0.15) is 17.3 Å². The third kappa shape index (κ3) is 4.84. The van der Waals surface area contributed by atoms with E-state index in [1.165, 1.54) is 0 Å². The highest BCUT2D eigenvalue weighted by Gasteiger charge is 2.31. The van der Waals surface area contributed by atoms with Crippen LogP contribution in [0.2, 0.25) is 0 Å². The van der Waals surface area contributed by atoms with Crippen molar-refractivity contribution in [3.05, 3.63) is 54.1 Å². The minimum absolute atomic E-state index is 0.0491. The van der Waals surface area contributed by atoms with Crippen LogP contribution < -0.4 is 20.3 Å². The fourth-order valence-corrected chi connectivity index (χ4v) is 3.03. The second-order valence-corrected chi connectivity index (χ2v) is 6.41. The first kappa shape index (κ1) is 20.2. The Balaban J connectivity index is 1.68. The molecule has 0 aromatic heterocycles. The summed E-state index contributed by atoms with van der Waals surface area (Å²) in [5, 5.41) is 5.38. The highest BCUT2D eigenvalue weighted by Crippen LogP contribution is 2.32. The van der Waals surface area contributed by atoms with Gasteiger partial charge >= 0.3 is 5.97 Å². The highest BCUT2D eigenvalue weighted by atomic mass is 16.5. The topological polar surface area (TPSA) is 97.0 Å². The minimum atomic E-state index is -0.702. The Morgan fingerprint density at radius 3 is 2.55 bits per heavy atom. The number of para-hydroxylation sites is 2. The molecule has 29 heavy (non-hydrogen) atoms. The summed E-state index contributed by atoms with van der Waals surface area (Å²) in [6.07, 6.45) is -0.702. The molecule has 8 nitrogen and oxygen atoms in total. The molecule has 0 unspecified atom stereocenters. The average Bonchev–Trinajstić information content (AvgIpc) is 2.73. The smallest absolute Gasteiger partial charge is 0.338 e. The van der Waals surface area contributed by atoms with Crippen molar-refractivity contribution in [1.29, 1.82) is 0 Å². The molecule has 2 amide bonds. The SMILES string of the molecule is CCOC(=O)c1ccc(NC(=O)CN2C[C@H](C(=O)NC)Oc3ccccc32)cc1. The van der Waals surface area contributed by atoms with Crippen molar-refractivity contribution >= 4 is 29.2 Å². The number of hydrogen-bond donors (Lipinski definition) is 2. The van der Waals surface area contributed by atoms with Crippen molar-refractivity contribution in [3.63, 3.8) is 0 Å². The van der Waals surface area contributed by atoms with Crippen LogP contribution in [0.4, 0.5) is 11.4 Å². The van der Waals surface area contributed by atoms with Crippen LogP contribution >= 0.6 is 0 Å². The van der Waals surface area contributed by atoms with Crippen LogP contribution in [0.25, 0.3) is 0 Å². The van der Waals surface area contributed by atoms with Gasteiger partial charge in [-0.15, -0.1) is 0 Å². The number of rotatable bonds is 6. The van der Waals surface area contributed by atoms with E-state index in [9.17, 15) is 14.4 Å². The number of esters is 1. The van der Waals surface area contributed by atoms with Gasteiger partial charge in [-0.1, -0.05) is 12.1 Å². The van der Waals surface area contributed by atoms with E-state index in [1.54, 1.807) is 49.2 Å². The molecule has 0 aliphatic carbocycles. The van der Waals surface area contributed by atoms with Crippen LogP contribution in [0, 0.1) is 0 Å². The number of nitrogens with one attached hydrogen (secondary N) is 2. The molecule has 2 aromatic rings. The second kappa shape index (κ2) is 9.09. The van der Waals surface area contributed by atoms with Gasteiger partial charge in [0.05, 0.1) is 30.9 Å². The van der Waals surface area contributed by atoms with Crippen molar-refractivity contribution in [1.82, 2.24) is 5.32 Å². The number of nitrogens with zero attached hydrogens (tertiary/aromatic N) is 1. The van der Waals surface area contributed by atoms with Crippen LogP contribution in [0.5, 0.6) is 5.75 Å². The lowest BCUT2D eigenvalue weighted by atomic mass is 10.1. The number of ether oxygens (including phenoxy) is 2. The largest absolute Gasteiger partial charge is 0.477 e. The summed E-state index contributed by atoms with van der Waals surface area (Å²) in [6, 6.07) is 13.8. The number of likely N-dealkylation sites (N-methyl/N-ethyl adjacent to an activating group) is 1. The molecule has 2 N–H and O–H groups in total. The predicted molar refractivity (Wildman–Crippen MR) is 108 cm³/mol. The van der Waals surface area contributed by atoms with Gasteiger partial charge in [-0.3, -0.25) is 9.59 Å². The molecule has 3 rings (SSSR count). The molecule has 1 heterocycles. The van der Waals surface area contributed by atoms with Crippen LogP contribution in [-0.2, 0) is 14.3 Å². The zero-order valence-corrected chi connectivity index (χ0v) is 16.3. The van der Waals surface area contributed by atoms with Gasteiger partial charge in [-0.05, 0) is 43.3 Å². The van der Waals surface area contributed by atoms with Gasteiger partial charge in [0.1, 0.15) is 5.75 Å². The number of amides is 2. The van der Waals surface area contributed by atoms with Gasteiger partial charge in [0, 0.05) is 12.7 Å². The Morgan fingerprint density at radius 2 is 1.86 bits per heavy atom. The summed E-state index contributed by atoms with van der Waals surface area (Å²) < 4.78 is 10.7. The maximum Gasteiger partial charge on any atom is 0.338 e. The van der Waals surface area contributed by atoms with Crippen molar-refractivity contribution in [2.45, 2.75) is 13.0 Å². The van der Waals surface area contributed by atoms with Crippen LogP contribution in [0.15, 0.2) is 48.5 Å². The van der Waals surface area contributed by atoms with E-state index in [4.69, 9.17) is 9.47 Å². The summed E-state index contributed by atoms with van der Waals surface area (Å²) in [5.41, 5.74) is 1.73. The predicted octanol–water partition coefficient (Wildman–Crippen LogP) is 1.82. The number of hydrogen-bond acceptors (Lipinski definition) is 6. The minimum Gasteiger partial charge on any atom is -0.477 e. The van der Waals surface area contributed by atoms with Gasteiger partial charge in [0.25, 0.3) is 5.91 Å². The molecule has 0 bridgehead atoms. The van der Waals surface area contributed by atoms with Gasteiger partial charge in [-0.25, -0.2) is 4.79 Å². The fourth-order valence-electron chi connectivity index (χ4n) is 3.03. The third-order valence-electron chi connectivity index (χ3n) is 4.41. The molecule has 1 aliphatic rings. The van der Waals surface area contributed by atoms with Crippen LogP contribution in [0.3, 0.4) is 0 Å². The first-order valence-corrected chi connectivity index (χ1v) is 9.31. The lowest BCUT2D eigenvalue weighted by Gasteiger charge is -2.34. The van der Waals surface area contributed by atoms with Crippen molar-refractivity contribution in [2.75, 3.05) is 37.0 Å². The van der Waals surface area contributed by atoms with E-state index in [2.05, 4.69) is 10.6 Å². The maximum atomic E-state index is 12.6. The standard InChI is InChI=1S/C21H23N3O5/c1-3-28-21(27)14-8-10-15(11-9-14)23-19(25)13-24-12-18(20(26)22-2)29-17-7-5-4-6-16(17)24/h4-11,18H,3,12-13H2,1-2H3,(H,22,26)(H,23,25)/t18-/m1/s1. The molecular formula is C21H23N3O5. The molecular weight excluding hydrogens is 374 g/mol. The lowest BCUT2D eigenvalue weighted by Crippen LogP contribution is -2.50. The number of fused-ring (bicyclic) bond motifs is 1. The summed E-state index contributed by atoms with van der Waals surface area (Å²) in [4.78, 5) is 38.1. The molecule has 0 spiro atoms. The molecule has 1 aliphatic heterocycles. The molecule has 0 fully saturated rings.